The summed E-state index contributed by atoms with van der Waals surface area (Å²) in [5.41, 5.74) is 0. The van der Waals surface area contributed by atoms with Gasteiger partial charge in [0.05, 0.1) is 0 Å². The Morgan fingerprint density at radius 2 is 1.50 bits per heavy atom. The van der Waals surface area contributed by atoms with Gasteiger partial charge in [-0.1, -0.05) is 0 Å². The van der Waals surface area contributed by atoms with Gasteiger partial charge in [0.25, 0.3) is 0 Å². The smallest absolute Gasteiger partial charge is 0.128 e. The molecule has 0 rings (SSSR count). The summed E-state index contributed by atoms with van der Waals surface area (Å²) in [6.07, 6.45) is 0. The van der Waals surface area contributed by atoms with Crippen LogP contribution >= 0.6 is 0 Å². The highest BCUT2D eigenvalue weighted by molar-refractivity contribution is 7.01. The molecule has 0 saturated heterocycles. The van der Waals surface area contributed by atoms with E-state index in [9.17, 15) is 0 Å². The lowest BCUT2D eigenvalue weighted by atomic mass is 9.37. The zero-order chi connectivity index (χ0) is 3.58. The molecule has 0 amide bonds. The van der Waals surface area contributed by atoms with Gasteiger partial charge in [-0.3, -0.25) is 0 Å². The van der Waals surface area contributed by atoms with Crippen molar-refractivity contribution in [2.24, 2.45) is 0 Å². The fraction of sp³-hybridized carbons (Fsp3) is 1.00. The Morgan fingerprint density at radius 1 is 1.50 bits per heavy atom. The van der Waals surface area contributed by atoms with Crippen LogP contribution in [-0.2, 0) is 0 Å². The Bertz CT molecular complexity index is 8.75. The second-order valence-electron chi connectivity index (χ2n) is 1.24. The molecule has 2 heteroatoms. The van der Waals surface area contributed by atoms with Crippen LogP contribution in [-0.4, -0.2) is 14.3 Å². The van der Waals surface area contributed by atoms with Gasteiger partial charge in [0.2, 0.25) is 0 Å². The Kier molecular flexibility index (Phi) is 1.50. The standard InChI is InChI=1S/C2H6B2/c1-4(2)3/h1-2H3/q-1. The minimum absolute atomic E-state index is 0.333. The molecule has 4 heavy (non-hydrogen) atoms. The Labute approximate surface area is 29.1 Å². The average Bonchev–Trinajstić information content (AvgIpc) is 0.811. The van der Waals surface area contributed by atoms with E-state index in [1.54, 1.807) is 0 Å². The highest BCUT2D eigenvalue weighted by atomic mass is 13.1. The lowest BCUT2D eigenvalue weighted by Crippen LogP contribution is -1.94. The molecule has 0 spiro atoms. The maximum absolute atomic E-state index is 5.11. The molecule has 0 bridgehead atoms. The van der Waals surface area contributed by atoms with Gasteiger partial charge < -0.3 is 7.74 Å². The summed E-state index contributed by atoms with van der Waals surface area (Å²) in [6, 6.07) is 0. The third-order valence-corrected chi connectivity index (χ3v) is 0. The van der Waals surface area contributed by atoms with E-state index in [-0.39, 0.29) is 0 Å². The number of hydrogen-bond acceptors (Lipinski definition) is 0. The van der Waals surface area contributed by atoms with Crippen molar-refractivity contribution in [3.63, 3.8) is 0 Å². The molecule has 0 unspecified atom stereocenters. The van der Waals surface area contributed by atoms with Crippen molar-refractivity contribution < 1.29 is 0 Å². The number of rotatable bonds is 0. The first-order chi connectivity index (χ1) is 1.73. The van der Waals surface area contributed by atoms with Crippen molar-refractivity contribution in [2.75, 3.05) is 0 Å². The van der Waals surface area contributed by atoms with E-state index in [4.69, 9.17) is 7.74 Å². The summed E-state index contributed by atoms with van der Waals surface area (Å²) in [6.45, 7) is 4.22. The van der Waals surface area contributed by atoms with Crippen LogP contribution in [0.3, 0.4) is 0 Å². The van der Waals surface area contributed by atoms with Crippen molar-refractivity contribution in [3.05, 3.63) is 0 Å². The SMILES string of the molecule is [B-]B(C)C. The van der Waals surface area contributed by atoms with Gasteiger partial charge in [-0.2, -0.15) is 0 Å². The molecule has 0 aliphatic rings. The number of hydrogen-bond donors (Lipinski definition) is 0. The summed E-state index contributed by atoms with van der Waals surface area (Å²) < 4.78 is 0. The maximum Gasteiger partial charge on any atom is -0.128 e. The quantitative estimate of drug-likeness (QED) is 0.350. The predicted molar refractivity (Wildman–Crippen MR) is 23.2 cm³/mol. The molecule has 21 valence electrons. The minimum atomic E-state index is 0.333. The van der Waals surface area contributed by atoms with Gasteiger partial charge in [0.1, 0.15) is 0 Å². The third-order valence-electron chi connectivity index (χ3n) is 0. The first kappa shape index (κ1) is 4.13. The Hall–Kier alpha value is 0.130. The first-order valence-electron chi connectivity index (χ1n) is 1.49. The fourth-order valence-electron chi connectivity index (χ4n) is 0. The molecule has 0 nitrogen and oxygen atoms in total. The second kappa shape index (κ2) is 1.45. The molecule has 0 fully saturated rings. The summed E-state index contributed by atoms with van der Waals surface area (Å²) in [7, 11) is 5.11. The lowest BCUT2D eigenvalue weighted by Gasteiger charge is -1.98. The van der Waals surface area contributed by atoms with Crippen LogP contribution < -0.4 is 0 Å². The molecule has 0 atom stereocenters. The molecular formula is C2H6B2-. The zero-order valence-electron chi connectivity index (χ0n) is 3.15. The molecule has 0 saturated carbocycles. The summed E-state index contributed by atoms with van der Waals surface area (Å²) in [4.78, 5) is 0. The monoisotopic (exact) mass is 52.1 g/mol. The average molecular weight is 51.7 g/mol. The Morgan fingerprint density at radius 3 is 1.50 bits per heavy atom. The van der Waals surface area contributed by atoms with Crippen molar-refractivity contribution in [1.29, 1.82) is 0 Å². The second-order valence-corrected chi connectivity index (χ2v) is 1.24. The molecule has 0 aromatic carbocycles. The van der Waals surface area contributed by atoms with Gasteiger partial charge >= 0.3 is 0 Å². The molecule has 0 aromatic heterocycles. The van der Waals surface area contributed by atoms with Crippen LogP contribution in [0.25, 0.3) is 0 Å². The lowest BCUT2D eigenvalue weighted by molar-refractivity contribution is 2.10. The zero-order valence-corrected chi connectivity index (χ0v) is 3.15. The summed E-state index contributed by atoms with van der Waals surface area (Å²) >= 11 is 0. The van der Waals surface area contributed by atoms with Crippen LogP contribution in [0.2, 0.25) is 13.6 Å². The van der Waals surface area contributed by atoms with Gasteiger partial charge in [-0.05, 0) is 0 Å². The van der Waals surface area contributed by atoms with Gasteiger partial charge in [-0.25, -0.2) is 0 Å². The molecule has 0 heterocycles. The van der Waals surface area contributed by atoms with Crippen molar-refractivity contribution >= 4 is 14.3 Å². The van der Waals surface area contributed by atoms with E-state index in [0.717, 1.165) is 0 Å². The van der Waals surface area contributed by atoms with E-state index < -0.39 is 0 Å². The van der Waals surface area contributed by atoms with Crippen LogP contribution in [0.15, 0.2) is 0 Å². The molecule has 0 aliphatic heterocycles. The van der Waals surface area contributed by atoms with Crippen molar-refractivity contribution in [2.45, 2.75) is 13.6 Å². The summed E-state index contributed by atoms with van der Waals surface area (Å²) in [5.74, 6) is 0. The van der Waals surface area contributed by atoms with Gasteiger partial charge in [0, 0.05) is 0 Å². The van der Waals surface area contributed by atoms with Crippen molar-refractivity contribution in [3.8, 4) is 0 Å². The van der Waals surface area contributed by atoms with E-state index in [2.05, 4.69) is 0 Å². The van der Waals surface area contributed by atoms with Crippen LogP contribution in [0.5, 0.6) is 0 Å². The highest BCUT2D eigenvalue weighted by Gasteiger charge is 1.53. The van der Waals surface area contributed by atoms with Gasteiger partial charge in [0.15, 0.2) is 0 Å². The largest absolute Gasteiger partial charge is 0.667 e. The van der Waals surface area contributed by atoms with Crippen LogP contribution in [0.1, 0.15) is 0 Å². The fourth-order valence-corrected chi connectivity index (χ4v) is 0. The maximum atomic E-state index is 5.11. The van der Waals surface area contributed by atoms with Crippen LogP contribution in [0.4, 0.5) is 0 Å². The van der Waals surface area contributed by atoms with E-state index in [1.807, 2.05) is 13.6 Å². The van der Waals surface area contributed by atoms with E-state index >= 15 is 0 Å². The molecule has 3 radical (unpaired) electrons. The third kappa shape index (κ3) is 161. The highest BCUT2D eigenvalue weighted by Crippen LogP contribution is 1.59. The topological polar surface area (TPSA) is 0 Å². The normalized spacial score (nSPS) is 6.75. The van der Waals surface area contributed by atoms with E-state index in [1.165, 1.54) is 0 Å². The van der Waals surface area contributed by atoms with Crippen LogP contribution in [0, 0.1) is 0 Å². The minimum Gasteiger partial charge on any atom is -0.667 e. The Balaban J connectivity index is 2.32. The molecule has 0 aliphatic carbocycles. The molecule has 0 aromatic rings. The summed E-state index contributed by atoms with van der Waals surface area (Å²) in [5, 5.41) is 0. The molecular weight excluding hydrogens is 45.6 g/mol. The van der Waals surface area contributed by atoms with Crippen molar-refractivity contribution in [1.82, 2.24) is 0 Å². The van der Waals surface area contributed by atoms with Gasteiger partial charge in [-0.15, -0.1) is 20.2 Å². The molecule has 0 N–H and O–H groups in total. The predicted octanol–water partition coefficient (Wildman–Crippen LogP) is 0.406. The van der Waals surface area contributed by atoms with E-state index in [0.29, 0.717) is 6.60 Å². The first-order valence-corrected chi connectivity index (χ1v) is 1.49.